The van der Waals surface area contributed by atoms with Crippen molar-refractivity contribution in [3.05, 3.63) is 28.8 Å². The molecule has 0 aliphatic heterocycles. The molecule has 1 aromatic rings. The fourth-order valence-electron chi connectivity index (χ4n) is 1.20. The lowest BCUT2D eigenvalue weighted by Crippen LogP contribution is -2.32. The van der Waals surface area contributed by atoms with E-state index in [0.717, 1.165) is 5.56 Å². The molecule has 82 valence electrons. The van der Waals surface area contributed by atoms with Gasteiger partial charge in [0, 0.05) is 5.02 Å². The molecule has 1 aromatic carbocycles. The molecule has 1 atom stereocenters. The number of benzene rings is 1. The molecule has 0 spiro atoms. The third-order valence-electron chi connectivity index (χ3n) is 1.94. The SMILES string of the molecule is COc1cc(Cl)cc(C[C@H](N)C(=O)O)c1. The first-order chi connectivity index (χ1) is 7.02. The van der Waals surface area contributed by atoms with Crippen molar-refractivity contribution in [2.75, 3.05) is 7.11 Å². The van der Waals surface area contributed by atoms with E-state index in [1.54, 1.807) is 18.2 Å². The molecular formula is C10H12ClNO3. The lowest BCUT2D eigenvalue weighted by atomic mass is 10.1. The summed E-state index contributed by atoms with van der Waals surface area (Å²) < 4.78 is 5.01. The fourth-order valence-corrected chi connectivity index (χ4v) is 1.45. The van der Waals surface area contributed by atoms with Gasteiger partial charge in [-0.2, -0.15) is 0 Å². The number of carbonyl (C=O) groups is 1. The molecule has 0 bridgehead atoms. The van der Waals surface area contributed by atoms with Crippen LogP contribution in [0.15, 0.2) is 18.2 Å². The van der Waals surface area contributed by atoms with E-state index in [2.05, 4.69) is 0 Å². The second kappa shape index (κ2) is 5.00. The van der Waals surface area contributed by atoms with Gasteiger partial charge in [0.15, 0.2) is 0 Å². The van der Waals surface area contributed by atoms with E-state index in [0.29, 0.717) is 10.8 Å². The summed E-state index contributed by atoms with van der Waals surface area (Å²) in [6.45, 7) is 0. The van der Waals surface area contributed by atoms with Crippen molar-refractivity contribution >= 4 is 17.6 Å². The van der Waals surface area contributed by atoms with Crippen LogP contribution in [-0.2, 0) is 11.2 Å². The first-order valence-corrected chi connectivity index (χ1v) is 4.72. The van der Waals surface area contributed by atoms with Gasteiger partial charge in [0.2, 0.25) is 0 Å². The quantitative estimate of drug-likeness (QED) is 0.817. The van der Waals surface area contributed by atoms with Crippen molar-refractivity contribution in [1.82, 2.24) is 0 Å². The number of ether oxygens (including phenoxy) is 1. The second-order valence-corrected chi connectivity index (χ2v) is 3.58. The largest absolute Gasteiger partial charge is 0.497 e. The molecule has 0 amide bonds. The zero-order chi connectivity index (χ0) is 11.4. The minimum atomic E-state index is -1.03. The number of nitrogens with two attached hydrogens (primary N) is 1. The predicted molar refractivity (Wildman–Crippen MR) is 57.3 cm³/mol. The second-order valence-electron chi connectivity index (χ2n) is 3.15. The summed E-state index contributed by atoms with van der Waals surface area (Å²) in [5, 5.41) is 9.15. The molecule has 0 aromatic heterocycles. The van der Waals surface area contributed by atoms with Gasteiger partial charge in [-0.1, -0.05) is 11.6 Å². The van der Waals surface area contributed by atoms with Gasteiger partial charge in [-0.15, -0.1) is 0 Å². The zero-order valence-electron chi connectivity index (χ0n) is 8.24. The van der Waals surface area contributed by atoms with E-state index >= 15 is 0 Å². The number of methoxy groups -OCH3 is 1. The highest BCUT2D eigenvalue weighted by atomic mass is 35.5. The zero-order valence-corrected chi connectivity index (χ0v) is 8.99. The Morgan fingerprint density at radius 2 is 2.27 bits per heavy atom. The Labute approximate surface area is 92.6 Å². The number of hydrogen-bond acceptors (Lipinski definition) is 3. The summed E-state index contributed by atoms with van der Waals surface area (Å²) in [6, 6.07) is 4.12. The highest BCUT2D eigenvalue weighted by Crippen LogP contribution is 2.21. The molecule has 0 fully saturated rings. The minimum absolute atomic E-state index is 0.228. The van der Waals surface area contributed by atoms with E-state index in [9.17, 15) is 4.79 Å². The van der Waals surface area contributed by atoms with Crippen LogP contribution in [0.3, 0.4) is 0 Å². The summed E-state index contributed by atoms with van der Waals surface area (Å²) in [4.78, 5) is 10.6. The molecule has 0 aliphatic rings. The van der Waals surface area contributed by atoms with Crippen LogP contribution in [0.5, 0.6) is 5.75 Å². The molecule has 3 N–H and O–H groups in total. The van der Waals surface area contributed by atoms with E-state index in [1.807, 2.05) is 0 Å². The van der Waals surface area contributed by atoms with E-state index in [-0.39, 0.29) is 6.42 Å². The van der Waals surface area contributed by atoms with Gasteiger partial charge in [-0.3, -0.25) is 4.79 Å². The Bertz CT molecular complexity index is 368. The van der Waals surface area contributed by atoms with Gasteiger partial charge >= 0.3 is 5.97 Å². The summed E-state index contributed by atoms with van der Waals surface area (Å²) in [5.41, 5.74) is 6.15. The molecule has 15 heavy (non-hydrogen) atoms. The average molecular weight is 230 g/mol. The van der Waals surface area contributed by atoms with Gasteiger partial charge < -0.3 is 15.6 Å². The Balaban J connectivity index is 2.85. The number of aliphatic carboxylic acids is 1. The van der Waals surface area contributed by atoms with E-state index in [4.69, 9.17) is 27.2 Å². The Morgan fingerprint density at radius 3 is 2.80 bits per heavy atom. The molecule has 0 heterocycles. The van der Waals surface area contributed by atoms with Gasteiger partial charge in [0.05, 0.1) is 7.11 Å². The van der Waals surface area contributed by atoms with Crippen LogP contribution in [0, 0.1) is 0 Å². The topological polar surface area (TPSA) is 72.5 Å². The smallest absolute Gasteiger partial charge is 0.320 e. The number of carboxylic acid groups (broad SMARTS) is 1. The molecule has 5 heteroatoms. The molecule has 0 unspecified atom stereocenters. The lowest BCUT2D eigenvalue weighted by molar-refractivity contribution is -0.138. The van der Waals surface area contributed by atoms with Crippen LogP contribution in [0.4, 0.5) is 0 Å². The highest BCUT2D eigenvalue weighted by molar-refractivity contribution is 6.30. The molecule has 0 aliphatic carbocycles. The van der Waals surface area contributed by atoms with Crippen LogP contribution in [0.1, 0.15) is 5.56 Å². The van der Waals surface area contributed by atoms with Crippen LogP contribution in [-0.4, -0.2) is 24.2 Å². The Morgan fingerprint density at radius 1 is 1.60 bits per heavy atom. The van der Waals surface area contributed by atoms with Crippen molar-refractivity contribution in [2.24, 2.45) is 5.73 Å². The molecule has 0 radical (unpaired) electrons. The first-order valence-electron chi connectivity index (χ1n) is 4.34. The molecular weight excluding hydrogens is 218 g/mol. The third-order valence-corrected chi connectivity index (χ3v) is 2.16. The maximum Gasteiger partial charge on any atom is 0.320 e. The summed E-state index contributed by atoms with van der Waals surface area (Å²) >= 11 is 5.82. The van der Waals surface area contributed by atoms with E-state index < -0.39 is 12.0 Å². The summed E-state index contributed by atoms with van der Waals surface area (Å²) in [6.07, 6.45) is 0.228. The monoisotopic (exact) mass is 229 g/mol. The number of carboxylic acids is 1. The van der Waals surface area contributed by atoms with Crippen LogP contribution in [0.2, 0.25) is 5.02 Å². The van der Waals surface area contributed by atoms with Crippen LogP contribution < -0.4 is 10.5 Å². The van der Waals surface area contributed by atoms with E-state index in [1.165, 1.54) is 7.11 Å². The Hall–Kier alpha value is -1.26. The Kier molecular flexibility index (Phi) is 3.94. The van der Waals surface area contributed by atoms with Crippen molar-refractivity contribution in [3.8, 4) is 5.75 Å². The van der Waals surface area contributed by atoms with Gasteiger partial charge in [0.25, 0.3) is 0 Å². The molecule has 4 nitrogen and oxygen atoms in total. The van der Waals surface area contributed by atoms with Gasteiger partial charge in [-0.25, -0.2) is 0 Å². The molecule has 1 rings (SSSR count). The molecule has 0 saturated heterocycles. The van der Waals surface area contributed by atoms with Crippen molar-refractivity contribution in [1.29, 1.82) is 0 Å². The maximum absolute atomic E-state index is 10.6. The maximum atomic E-state index is 10.6. The number of hydrogen-bond donors (Lipinski definition) is 2. The standard InChI is InChI=1S/C10H12ClNO3/c1-15-8-3-6(2-7(11)5-8)4-9(12)10(13)14/h2-3,5,9H,4,12H2,1H3,(H,13,14)/t9-/m0/s1. The van der Waals surface area contributed by atoms with Gasteiger partial charge in [0.1, 0.15) is 11.8 Å². The van der Waals surface area contributed by atoms with Crippen LogP contribution in [0.25, 0.3) is 0 Å². The first kappa shape index (κ1) is 11.8. The molecule has 0 saturated carbocycles. The lowest BCUT2D eigenvalue weighted by Gasteiger charge is -2.08. The third kappa shape index (κ3) is 3.42. The van der Waals surface area contributed by atoms with Crippen LogP contribution >= 0.6 is 11.6 Å². The van der Waals surface area contributed by atoms with Crippen molar-refractivity contribution in [2.45, 2.75) is 12.5 Å². The predicted octanol–water partition coefficient (Wildman–Crippen LogP) is 1.30. The minimum Gasteiger partial charge on any atom is -0.497 e. The average Bonchev–Trinajstić information content (AvgIpc) is 2.16. The van der Waals surface area contributed by atoms with Crippen molar-refractivity contribution < 1.29 is 14.6 Å². The number of halogens is 1. The normalized spacial score (nSPS) is 12.2. The fraction of sp³-hybridized carbons (Fsp3) is 0.300. The van der Waals surface area contributed by atoms with Gasteiger partial charge in [-0.05, 0) is 30.2 Å². The highest BCUT2D eigenvalue weighted by Gasteiger charge is 2.12. The summed E-state index contributed by atoms with van der Waals surface area (Å²) in [7, 11) is 1.52. The summed E-state index contributed by atoms with van der Waals surface area (Å²) in [5.74, 6) is -0.441. The van der Waals surface area contributed by atoms with Crippen molar-refractivity contribution in [3.63, 3.8) is 0 Å². The number of rotatable bonds is 4.